The number of amides is 1. The molecule has 1 amide bonds. The molecule has 0 aliphatic rings. The van der Waals surface area contributed by atoms with Gasteiger partial charge in [0.1, 0.15) is 5.82 Å². The fraction of sp³-hybridized carbons (Fsp3) is 0.222. The van der Waals surface area contributed by atoms with Crippen molar-refractivity contribution in [3.8, 4) is 0 Å². The molecule has 0 fully saturated rings. The Hall–Kier alpha value is -1.11. The smallest absolute Gasteiger partial charge is 0.318 e. The second kappa shape index (κ2) is 4.40. The maximum absolute atomic E-state index is 12.9. The standard InChI is InChI=1S/C9H6BrF4NO/c1-4-2-6(11)5(10)3-7(4)15-8(16)9(12,13)14/h2-3H,1H3,(H,15,16). The Morgan fingerprint density at radius 1 is 1.38 bits per heavy atom. The van der Waals surface area contributed by atoms with E-state index in [4.69, 9.17) is 0 Å². The van der Waals surface area contributed by atoms with Crippen molar-refractivity contribution in [2.24, 2.45) is 0 Å². The van der Waals surface area contributed by atoms with Gasteiger partial charge < -0.3 is 5.32 Å². The lowest BCUT2D eigenvalue weighted by Gasteiger charge is -2.11. The molecule has 0 aliphatic carbocycles. The summed E-state index contributed by atoms with van der Waals surface area (Å²) in [6.07, 6.45) is -4.96. The van der Waals surface area contributed by atoms with Gasteiger partial charge in [-0.25, -0.2) is 4.39 Å². The van der Waals surface area contributed by atoms with Crippen LogP contribution in [0.1, 0.15) is 5.56 Å². The molecule has 7 heteroatoms. The van der Waals surface area contributed by atoms with Gasteiger partial charge in [-0.2, -0.15) is 13.2 Å². The van der Waals surface area contributed by atoms with Crippen LogP contribution in [0.15, 0.2) is 16.6 Å². The summed E-state index contributed by atoms with van der Waals surface area (Å²) in [6, 6.07) is 2.10. The molecular weight excluding hydrogens is 294 g/mol. The Balaban J connectivity index is 2.99. The van der Waals surface area contributed by atoms with Crippen molar-refractivity contribution in [1.82, 2.24) is 0 Å². The minimum absolute atomic E-state index is 0.0180. The maximum atomic E-state index is 12.9. The van der Waals surface area contributed by atoms with Gasteiger partial charge in [0.05, 0.1) is 4.47 Å². The summed E-state index contributed by atoms with van der Waals surface area (Å²) in [5.41, 5.74) is 0.119. The average Bonchev–Trinajstić information content (AvgIpc) is 2.12. The number of hydrogen-bond donors (Lipinski definition) is 1. The fourth-order valence-corrected chi connectivity index (χ4v) is 1.32. The lowest BCUT2D eigenvalue weighted by molar-refractivity contribution is -0.167. The van der Waals surface area contributed by atoms with Crippen molar-refractivity contribution in [1.29, 1.82) is 0 Å². The Kier molecular flexibility index (Phi) is 3.57. The molecule has 16 heavy (non-hydrogen) atoms. The van der Waals surface area contributed by atoms with Gasteiger partial charge in [0.25, 0.3) is 0 Å². The third-order valence-corrected chi connectivity index (χ3v) is 2.38. The largest absolute Gasteiger partial charge is 0.471 e. The average molecular weight is 300 g/mol. The minimum Gasteiger partial charge on any atom is -0.318 e. The van der Waals surface area contributed by atoms with Gasteiger partial charge in [0.2, 0.25) is 0 Å². The van der Waals surface area contributed by atoms with Crippen LogP contribution in [-0.2, 0) is 4.79 Å². The molecule has 0 bridgehead atoms. The molecule has 0 aliphatic heterocycles. The van der Waals surface area contributed by atoms with Crippen LogP contribution in [0, 0.1) is 12.7 Å². The zero-order valence-corrected chi connectivity index (χ0v) is 9.54. The van der Waals surface area contributed by atoms with Crippen molar-refractivity contribution in [2.75, 3.05) is 5.32 Å². The van der Waals surface area contributed by atoms with Gasteiger partial charge in [-0.05, 0) is 40.5 Å². The van der Waals surface area contributed by atoms with E-state index >= 15 is 0 Å². The summed E-state index contributed by atoms with van der Waals surface area (Å²) in [6.45, 7) is 1.39. The molecule has 1 rings (SSSR count). The number of benzene rings is 1. The summed E-state index contributed by atoms with van der Waals surface area (Å²) >= 11 is 2.81. The topological polar surface area (TPSA) is 29.1 Å². The Morgan fingerprint density at radius 3 is 2.44 bits per heavy atom. The molecule has 0 saturated carbocycles. The second-order valence-corrected chi connectivity index (χ2v) is 3.89. The highest BCUT2D eigenvalue weighted by atomic mass is 79.9. The van der Waals surface area contributed by atoms with Crippen LogP contribution < -0.4 is 5.32 Å². The molecule has 88 valence electrons. The number of nitrogens with one attached hydrogen (secondary N) is 1. The zero-order chi connectivity index (χ0) is 12.5. The molecule has 1 N–H and O–H groups in total. The van der Waals surface area contributed by atoms with E-state index in [0.29, 0.717) is 0 Å². The second-order valence-electron chi connectivity index (χ2n) is 3.03. The molecule has 0 spiro atoms. The molecule has 0 heterocycles. The predicted molar refractivity (Wildman–Crippen MR) is 53.5 cm³/mol. The zero-order valence-electron chi connectivity index (χ0n) is 7.95. The van der Waals surface area contributed by atoms with E-state index in [0.717, 1.165) is 12.1 Å². The van der Waals surface area contributed by atoms with Crippen molar-refractivity contribution < 1.29 is 22.4 Å². The van der Waals surface area contributed by atoms with Crippen LogP contribution in [0.2, 0.25) is 0 Å². The quantitative estimate of drug-likeness (QED) is 0.791. The highest BCUT2D eigenvalue weighted by Crippen LogP contribution is 2.26. The van der Waals surface area contributed by atoms with E-state index in [2.05, 4.69) is 15.9 Å². The first-order chi connectivity index (χ1) is 7.21. The molecule has 0 unspecified atom stereocenters. The summed E-state index contributed by atoms with van der Waals surface area (Å²) in [4.78, 5) is 10.6. The summed E-state index contributed by atoms with van der Waals surface area (Å²) in [5, 5.41) is 1.66. The molecule has 0 radical (unpaired) electrons. The maximum Gasteiger partial charge on any atom is 0.471 e. The number of carbonyl (C=O) groups is 1. The highest BCUT2D eigenvalue weighted by Gasteiger charge is 2.38. The third-order valence-electron chi connectivity index (χ3n) is 1.77. The van der Waals surface area contributed by atoms with E-state index in [1.807, 2.05) is 0 Å². The van der Waals surface area contributed by atoms with E-state index in [1.165, 1.54) is 6.92 Å². The number of rotatable bonds is 1. The van der Waals surface area contributed by atoms with Crippen molar-refractivity contribution in [3.63, 3.8) is 0 Å². The Bertz CT molecular complexity index is 430. The monoisotopic (exact) mass is 299 g/mol. The Morgan fingerprint density at radius 2 is 1.94 bits per heavy atom. The fourth-order valence-electron chi connectivity index (χ4n) is 0.974. The molecule has 0 saturated heterocycles. The van der Waals surface area contributed by atoms with Gasteiger partial charge >= 0.3 is 12.1 Å². The van der Waals surface area contributed by atoms with Crippen LogP contribution >= 0.6 is 15.9 Å². The van der Waals surface area contributed by atoms with Crippen LogP contribution in [-0.4, -0.2) is 12.1 Å². The predicted octanol–water partition coefficient (Wildman–Crippen LogP) is 3.40. The van der Waals surface area contributed by atoms with Crippen LogP contribution in [0.3, 0.4) is 0 Å². The van der Waals surface area contributed by atoms with Crippen LogP contribution in [0.4, 0.5) is 23.2 Å². The van der Waals surface area contributed by atoms with Crippen molar-refractivity contribution >= 4 is 27.5 Å². The number of alkyl halides is 3. The summed E-state index contributed by atoms with van der Waals surface area (Å²) in [7, 11) is 0. The van der Waals surface area contributed by atoms with Gasteiger partial charge in [-0.3, -0.25) is 4.79 Å². The van der Waals surface area contributed by atoms with Crippen molar-refractivity contribution in [3.05, 3.63) is 28.0 Å². The first-order valence-electron chi connectivity index (χ1n) is 4.05. The number of anilines is 1. The Labute approximate surface area is 96.8 Å². The summed E-state index contributed by atoms with van der Waals surface area (Å²) < 4.78 is 48.8. The van der Waals surface area contributed by atoms with Crippen LogP contribution in [0.5, 0.6) is 0 Å². The van der Waals surface area contributed by atoms with Gasteiger partial charge in [0.15, 0.2) is 0 Å². The molecule has 0 aromatic heterocycles. The lowest BCUT2D eigenvalue weighted by Crippen LogP contribution is -2.30. The van der Waals surface area contributed by atoms with Crippen molar-refractivity contribution in [2.45, 2.75) is 13.1 Å². The number of hydrogen-bond acceptors (Lipinski definition) is 1. The van der Waals surface area contributed by atoms with Crippen LogP contribution in [0.25, 0.3) is 0 Å². The molecule has 2 nitrogen and oxygen atoms in total. The lowest BCUT2D eigenvalue weighted by atomic mass is 10.2. The number of carbonyl (C=O) groups excluding carboxylic acids is 1. The number of aryl methyl sites for hydroxylation is 1. The van der Waals surface area contributed by atoms with E-state index < -0.39 is 17.9 Å². The van der Waals surface area contributed by atoms with E-state index in [-0.39, 0.29) is 15.7 Å². The van der Waals surface area contributed by atoms with Gasteiger partial charge in [-0.1, -0.05) is 0 Å². The summed E-state index contributed by atoms with van der Waals surface area (Å²) in [5.74, 6) is -2.70. The molecule has 1 aromatic carbocycles. The normalized spacial score (nSPS) is 11.4. The minimum atomic E-state index is -4.96. The molecule has 0 atom stereocenters. The molecular formula is C9H6BrF4NO. The number of halogens is 5. The first kappa shape index (κ1) is 13.0. The SMILES string of the molecule is Cc1cc(F)c(Br)cc1NC(=O)C(F)(F)F. The molecule has 1 aromatic rings. The van der Waals surface area contributed by atoms with E-state index in [1.54, 1.807) is 5.32 Å². The van der Waals surface area contributed by atoms with Gasteiger partial charge in [0, 0.05) is 5.69 Å². The van der Waals surface area contributed by atoms with E-state index in [9.17, 15) is 22.4 Å². The third kappa shape index (κ3) is 2.94. The highest BCUT2D eigenvalue weighted by molar-refractivity contribution is 9.10. The van der Waals surface area contributed by atoms with Gasteiger partial charge in [-0.15, -0.1) is 0 Å². The first-order valence-corrected chi connectivity index (χ1v) is 4.85.